The highest BCUT2D eigenvalue weighted by Gasteiger charge is 2.14. The summed E-state index contributed by atoms with van der Waals surface area (Å²) in [7, 11) is 0. The van der Waals surface area contributed by atoms with Gasteiger partial charge in [-0.1, -0.05) is 18.2 Å². The summed E-state index contributed by atoms with van der Waals surface area (Å²) in [4.78, 5) is 15.4. The third kappa shape index (κ3) is 2.06. The minimum Gasteiger partial charge on any atom is -0.494 e. The molecule has 2 aromatic heterocycles. The quantitative estimate of drug-likeness (QED) is 0.689. The van der Waals surface area contributed by atoms with Gasteiger partial charge >= 0.3 is 0 Å². The standard InChI is InChI=1S/C14H12N4O/c1-9(17-10-5-3-2-4-6-10)12-11-7-15-8-16-13(11)18-14(12)19/h2-8,19H,1H3,(H,15,16,18). The molecule has 3 aromatic rings. The minimum absolute atomic E-state index is 0.0627. The van der Waals surface area contributed by atoms with Crippen LogP contribution in [0, 0.1) is 0 Å². The molecule has 2 N–H and O–H groups in total. The highest BCUT2D eigenvalue weighted by atomic mass is 16.3. The van der Waals surface area contributed by atoms with E-state index in [2.05, 4.69) is 19.9 Å². The van der Waals surface area contributed by atoms with Crippen molar-refractivity contribution in [1.82, 2.24) is 15.0 Å². The summed E-state index contributed by atoms with van der Waals surface area (Å²) < 4.78 is 0. The van der Waals surface area contributed by atoms with Gasteiger partial charge in [-0.05, 0) is 19.1 Å². The lowest BCUT2D eigenvalue weighted by atomic mass is 10.1. The molecule has 19 heavy (non-hydrogen) atoms. The number of H-pyrrole nitrogens is 1. The van der Waals surface area contributed by atoms with Crippen LogP contribution in [-0.2, 0) is 0 Å². The lowest BCUT2D eigenvalue weighted by molar-refractivity contribution is 0.457. The Kier molecular flexibility index (Phi) is 2.72. The normalized spacial score (nSPS) is 11.9. The van der Waals surface area contributed by atoms with Crippen LogP contribution in [0.2, 0.25) is 0 Å². The smallest absolute Gasteiger partial charge is 0.200 e. The molecule has 1 aromatic carbocycles. The van der Waals surface area contributed by atoms with Crippen molar-refractivity contribution in [2.24, 2.45) is 4.99 Å². The maximum absolute atomic E-state index is 9.98. The van der Waals surface area contributed by atoms with Gasteiger partial charge in [-0.3, -0.25) is 4.99 Å². The van der Waals surface area contributed by atoms with Crippen molar-refractivity contribution in [3.05, 3.63) is 48.4 Å². The fraction of sp³-hybridized carbons (Fsp3) is 0.0714. The molecule has 0 saturated carbocycles. The van der Waals surface area contributed by atoms with Crippen LogP contribution in [0.3, 0.4) is 0 Å². The first-order valence-corrected chi connectivity index (χ1v) is 5.87. The van der Waals surface area contributed by atoms with Crippen LogP contribution in [0.1, 0.15) is 12.5 Å². The Hall–Kier alpha value is -2.69. The van der Waals surface area contributed by atoms with E-state index < -0.39 is 0 Å². The molecular formula is C14H12N4O. The summed E-state index contributed by atoms with van der Waals surface area (Å²) in [6, 6.07) is 9.59. The zero-order valence-electron chi connectivity index (χ0n) is 10.3. The first kappa shape index (κ1) is 11.4. The van der Waals surface area contributed by atoms with Gasteiger partial charge in [0.05, 0.1) is 22.3 Å². The summed E-state index contributed by atoms with van der Waals surface area (Å²) in [5, 5.41) is 10.7. The Morgan fingerprint density at radius 3 is 2.84 bits per heavy atom. The molecule has 94 valence electrons. The Bertz CT molecular complexity index is 746. The molecule has 0 radical (unpaired) electrons. The van der Waals surface area contributed by atoms with E-state index in [0.717, 1.165) is 11.1 Å². The van der Waals surface area contributed by atoms with E-state index in [4.69, 9.17) is 0 Å². The van der Waals surface area contributed by atoms with Gasteiger partial charge in [0.15, 0.2) is 5.88 Å². The van der Waals surface area contributed by atoms with Gasteiger partial charge in [0.1, 0.15) is 12.0 Å². The number of fused-ring (bicyclic) bond motifs is 1. The second-order valence-corrected chi connectivity index (χ2v) is 4.17. The average Bonchev–Trinajstić information content (AvgIpc) is 2.75. The summed E-state index contributed by atoms with van der Waals surface area (Å²) in [6.07, 6.45) is 3.10. The number of nitrogens with one attached hydrogen (secondary N) is 1. The number of benzene rings is 1. The molecule has 0 saturated heterocycles. The highest BCUT2D eigenvalue weighted by molar-refractivity contribution is 6.11. The molecule has 5 heteroatoms. The highest BCUT2D eigenvalue weighted by Crippen LogP contribution is 2.27. The number of para-hydroxylation sites is 1. The van der Waals surface area contributed by atoms with Crippen LogP contribution < -0.4 is 0 Å². The van der Waals surface area contributed by atoms with Gasteiger partial charge in [-0.15, -0.1) is 0 Å². The lowest BCUT2D eigenvalue weighted by Gasteiger charge is -2.00. The molecule has 0 amide bonds. The molecule has 0 bridgehead atoms. The van der Waals surface area contributed by atoms with Gasteiger partial charge in [-0.25, -0.2) is 9.97 Å². The summed E-state index contributed by atoms with van der Waals surface area (Å²) in [5.74, 6) is 0.0627. The average molecular weight is 252 g/mol. The maximum Gasteiger partial charge on any atom is 0.200 e. The van der Waals surface area contributed by atoms with Crippen LogP contribution in [0.15, 0.2) is 47.8 Å². The second-order valence-electron chi connectivity index (χ2n) is 4.17. The number of nitrogens with zero attached hydrogens (tertiary/aromatic N) is 3. The Morgan fingerprint density at radius 1 is 1.26 bits per heavy atom. The van der Waals surface area contributed by atoms with Crippen molar-refractivity contribution in [2.75, 3.05) is 0 Å². The molecule has 0 unspecified atom stereocenters. The van der Waals surface area contributed by atoms with E-state index in [9.17, 15) is 5.11 Å². The van der Waals surface area contributed by atoms with Crippen molar-refractivity contribution in [3.63, 3.8) is 0 Å². The summed E-state index contributed by atoms with van der Waals surface area (Å²) in [6.45, 7) is 1.85. The maximum atomic E-state index is 9.98. The lowest BCUT2D eigenvalue weighted by Crippen LogP contribution is -1.93. The molecule has 0 atom stereocenters. The molecule has 0 aliphatic carbocycles. The Balaban J connectivity index is 2.14. The zero-order chi connectivity index (χ0) is 13.2. The molecule has 0 aliphatic rings. The van der Waals surface area contributed by atoms with Crippen LogP contribution in [0.25, 0.3) is 11.0 Å². The molecule has 3 rings (SSSR count). The molecule has 0 spiro atoms. The fourth-order valence-electron chi connectivity index (χ4n) is 2.03. The van der Waals surface area contributed by atoms with Crippen molar-refractivity contribution in [1.29, 1.82) is 0 Å². The van der Waals surface area contributed by atoms with Gasteiger partial charge in [0.2, 0.25) is 0 Å². The van der Waals surface area contributed by atoms with E-state index in [1.54, 1.807) is 6.20 Å². The Morgan fingerprint density at radius 2 is 2.05 bits per heavy atom. The number of rotatable bonds is 2. The molecular weight excluding hydrogens is 240 g/mol. The van der Waals surface area contributed by atoms with Crippen LogP contribution in [0.5, 0.6) is 5.88 Å². The zero-order valence-corrected chi connectivity index (χ0v) is 10.3. The van der Waals surface area contributed by atoms with Crippen LogP contribution in [-0.4, -0.2) is 25.8 Å². The van der Waals surface area contributed by atoms with Crippen LogP contribution in [0.4, 0.5) is 5.69 Å². The molecule has 0 fully saturated rings. The van der Waals surface area contributed by atoms with E-state index in [1.807, 2.05) is 37.3 Å². The Labute approximate surface area is 109 Å². The largest absolute Gasteiger partial charge is 0.494 e. The predicted octanol–water partition coefficient (Wildman–Crippen LogP) is 2.80. The van der Waals surface area contributed by atoms with E-state index in [1.165, 1.54) is 6.33 Å². The second kappa shape index (κ2) is 4.53. The van der Waals surface area contributed by atoms with Crippen molar-refractivity contribution < 1.29 is 5.11 Å². The predicted molar refractivity (Wildman–Crippen MR) is 73.9 cm³/mol. The first-order chi connectivity index (χ1) is 9.25. The molecule has 0 aliphatic heterocycles. The number of aromatic amines is 1. The summed E-state index contributed by atoms with van der Waals surface area (Å²) in [5.41, 5.74) is 2.79. The first-order valence-electron chi connectivity index (χ1n) is 5.87. The number of hydrogen-bond donors (Lipinski definition) is 2. The number of hydrogen-bond acceptors (Lipinski definition) is 4. The third-order valence-corrected chi connectivity index (χ3v) is 2.87. The summed E-state index contributed by atoms with van der Waals surface area (Å²) >= 11 is 0. The van der Waals surface area contributed by atoms with Crippen molar-refractivity contribution in [2.45, 2.75) is 6.92 Å². The van der Waals surface area contributed by atoms with E-state index >= 15 is 0 Å². The van der Waals surface area contributed by atoms with E-state index in [0.29, 0.717) is 16.9 Å². The van der Waals surface area contributed by atoms with Gasteiger partial charge < -0.3 is 10.1 Å². The van der Waals surface area contributed by atoms with Crippen LogP contribution >= 0.6 is 0 Å². The molecule has 2 heterocycles. The molecule has 5 nitrogen and oxygen atoms in total. The number of aromatic nitrogens is 3. The minimum atomic E-state index is 0.0627. The van der Waals surface area contributed by atoms with Gasteiger partial charge in [0, 0.05) is 6.20 Å². The number of aliphatic imine (C=N–C) groups is 1. The monoisotopic (exact) mass is 252 g/mol. The van der Waals surface area contributed by atoms with Crippen molar-refractivity contribution >= 4 is 22.4 Å². The SMILES string of the molecule is CC(=Nc1ccccc1)c1c(O)[nH]c2ncncc12. The topological polar surface area (TPSA) is 74.2 Å². The van der Waals surface area contributed by atoms with Gasteiger partial charge in [0.25, 0.3) is 0 Å². The number of aromatic hydroxyl groups is 1. The van der Waals surface area contributed by atoms with Gasteiger partial charge in [-0.2, -0.15) is 0 Å². The third-order valence-electron chi connectivity index (χ3n) is 2.87. The van der Waals surface area contributed by atoms with Crippen molar-refractivity contribution in [3.8, 4) is 5.88 Å². The van der Waals surface area contributed by atoms with E-state index in [-0.39, 0.29) is 5.88 Å². The fourth-order valence-corrected chi connectivity index (χ4v) is 2.03.